The fourth-order valence-corrected chi connectivity index (χ4v) is 3.19. The Morgan fingerprint density at radius 2 is 1.71 bits per heavy atom. The van der Waals surface area contributed by atoms with Gasteiger partial charge in [-0.1, -0.05) is 54.1 Å². The van der Waals surface area contributed by atoms with E-state index in [-0.39, 0.29) is 5.82 Å². The van der Waals surface area contributed by atoms with Gasteiger partial charge in [-0.2, -0.15) is 0 Å². The van der Waals surface area contributed by atoms with Crippen molar-refractivity contribution in [3.8, 4) is 11.5 Å². The molecule has 0 aliphatic heterocycles. The van der Waals surface area contributed by atoms with Crippen molar-refractivity contribution < 1.29 is 8.81 Å². The van der Waals surface area contributed by atoms with Gasteiger partial charge in [-0.3, -0.25) is 0 Å². The first kappa shape index (κ1) is 18.2. The average Bonchev–Trinajstić information content (AvgIpc) is 3.18. The topological polar surface area (TPSA) is 51.0 Å². The van der Waals surface area contributed by atoms with E-state index in [1.165, 1.54) is 12.1 Å². The summed E-state index contributed by atoms with van der Waals surface area (Å²) < 4.78 is 19.4. The SMILES string of the molecule is Cc1cc(F)ccc1N[C@@H](c1ccccc1)c1nnc(-c2ccccc2Cl)o1. The zero-order valence-corrected chi connectivity index (χ0v) is 15.8. The van der Waals surface area contributed by atoms with E-state index in [4.69, 9.17) is 16.0 Å². The van der Waals surface area contributed by atoms with Gasteiger partial charge in [-0.05, 0) is 48.4 Å². The van der Waals surface area contributed by atoms with Crippen molar-refractivity contribution in [2.75, 3.05) is 5.32 Å². The molecule has 0 saturated carbocycles. The van der Waals surface area contributed by atoms with Crippen molar-refractivity contribution in [2.24, 2.45) is 0 Å². The molecule has 1 atom stereocenters. The number of hydrogen-bond donors (Lipinski definition) is 1. The molecule has 0 unspecified atom stereocenters. The Morgan fingerprint density at radius 1 is 0.964 bits per heavy atom. The summed E-state index contributed by atoms with van der Waals surface area (Å²) >= 11 is 6.25. The maximum atomic E-state index is 13.5. The number of halogens is 2. The Labute approximate surface area is 167 Å². The second-order valence-corrected chi connectivity index (χ2v) is 6.78. The number of rotatable bonds is 5. The van der Waals surface area contributed by atoms with Crippen LogP contribution in [-0.4, -0.2) is 10.2 Å². The number of anilines is 1. The molecule has 3 aromatic carbocycles. The third kappa shape index (κ3) is 3.75. The van der Waals surface area contributed by atoms with Gasteiger partial charge in [0.25, 0.3) is 0 Å². The Kier molecular flexibility index (Phi) is 5.08. The summed E-state index contributed by atoms with van der Waals surface area (Å²) in [6.07, 6.45) is 0. The van der Waals surface area contributed by atoms with Crippen LogP contribution < -0.4 is 5.32 Å². The van der Waals surface area contributed by atoms with Gasteiger partial charge in [-0.25, -0.2) is 4.39 Å². The average molecular weight is 394 g/mol. The molecule has 0 bridgehead atoms. The van der Waals surface area contributed by atoms with Crippen LogP contribution in [0.25, 0.3) is 11.5 Å². The third-order valence-electron chi connectivity index (χ3n) is 4.41. The van der Waals surface area contributed by atoms with E-state index in [0.29, 0.717) is 22.4 Å². The molecule has 4 aromatic rings. The summed E-state index contributed by atoms with van der Waals surface area (Å²) in [5.41, 5.74) is 3.19. The van der Waals surface area contributed by atoms with E-state index in [1.807, 2.05) is 55.5 Å². The molecule has 0 fully saturated rings. The first-order valence-corrected chi connectivity index (χ1v) is 9.15. The van der Waals surface area contributed by atoms with Gasteiger partial charge >= 0.3 is 0 Å². The summed E-state index contributed by atoms with van der Waals surface area (Å²) in [4.78, 5) is 0. The molecule has 0 aliphatic rings. The summed E-state index contributed by atoms with van der Waals surface area (Å²) in [6.45, 7) is 1.84. The van der Waals surface area contributed by atoms with Crippen LogP contribution in [0.4, 0.5) is 10.1 Å². The molecule has 140 valence electrons. The van der Waals surface area contributed by atoms with Crippen LogP contribution in [0.5, 0.6) is 0 Å². The molecule has 0 amide bonds. The van der Waals surface area contributed by atoms with E-state index in [1.54, 1.807) is 12.1 Å². The summed E-state index contributed by atoms with van der Waals surface area (Å²) in [6, 6.07) is 21.3. The lowest BCUT2D eigenvalue weighted by atomic mass is 10.1. The highest BCUT2D eigenvalue weighted by molar-refractivity contribution is 6.33. The lowest BCUT2D eigenvalue weighted by molar-refractivity contribution is 0.494. The first-order valence-electron chi connectivity index (χ1n) is 8.78. The minimum absolute atomic E-state index is 0.280. The van der Waals surface area contributed by atoms with Crippen molar-refractivity contribution >= 4 is 17.3 Å². The maximum absolute atomic E-state index is 13.5. The minimum Gasteiger partial charge on any atom is -0.418 e. The molecular weight excluding hydrogens is 377 g/mol. The highest BCUT2D eigenvalue weighted by atomic mass is 35.5. The number of nitrogens with one attached hydrogen (secondary N) is 1. The third-order valence-corrected chi connectivity index (χ3v) is 4.74. The Morgan fingerprint density at radius 3 is 2.46 bits per heavy atom. The van der Waals surface area contributed by atoms with Crippen LogP contribution in [0, 0.1) is 12.7 Å². The minimum atomic E-state index is -0.394. The summed E-state index contributed by atoms with van der Waals surface area (Å²) in [7, 11) is 0. The number of hydrogen-bond acceptors (Lipinski definition) is 4. The predicted molar refractivity (Wildman–Crippen MR) is 108 cm³/mol. The molecule has 1 N–H and O–H groups in total. The van der Waals surface area contributed by atoms with Gasteiger partial charge in [0.2, 0.25) is 11.8 Å². The molecule has 28 heavy (non-hydrogen) atoms. The summed E-state index contributed by atoms with van der Waals surface area (Å²) in [5.74, 6) is 0.460. The molecule has 4 nitrogen and oxygen atoms in total. The predicted octanol–water partition coefficient (Wildman–Crippen LogP) is 6.04. The zero-order valence-electron chi connectivity index (χ0n) is 15.1. The van der Waals surface area contributed by atoms with Crippen molar-refractivity contribution in [3.63, 3.8) is 0 Å². The van der Waals surface area contributed by atoms with Gasteiger partial charge < -0.3 is 9.73 Å². The van der Waals surface area contributed by atoms with E-state index >= 15 is 0 Å². The molecule has 4 rings (SSSR count). The van der Waals surface area contributed by atoms with Crippen LogP contribution in [0.1, 0.15) is 23.1 Å². The van der Waals surface area contributed by atoms with Crippen LogP contribution in [0.3, 0.4) is 0 Å². The fourth-order valence-electron chi connectivity index (χ4n) is 2.97. The second kappa shape index (κ2) is 7.82. The van der Waals surface area contributed by atoms with Gasteiger partial charge in [0, 0.05) is 5.69 Å². The molecule has 0 aliphatic carbocycles. The van der Waals surface area contributed by atoms with Crippen LogP contribution in [-0.2, 0) is 0 Å². The Hall–Kier alpha value is -3.18. The molecule has 0 spiro atoms. The van der Waals surface area contributed by atoms with Crippen LogP contribution in [0.2, 0.25) is 5.02 Å². The van der Waals surface area contributed by atoms with Crippen molar-refractivity contribution in [2.45, 2.75) is 13.0 Å². The highest BCUT2D eigenvalue weighted by Crippen LogP contribution is 2.31. The van der Waals surface area contributed by atoms with E-state index in [2.05, 4.69) is 15.5 Å². The standard InChI is InChI=1S/C22H17ClFN3O/c1-14-13-16(24)11-12-19(14)25-20(15-7-3-2-4-8-15)22-27-26-21(28-22)17-9-5-6-10-18(17)23/h2-13,20,25H,1H3/t20-/m0/s1. The maximum Gasteiger partial charge on any atom is 0.249 e. The Balaban J connectivity index is 1.73. The van der Waals surface area contributed by atoms with E-state index in [0.717, 1.165) is 16.8 Å². The van der Waals surface area contributed by atoms with Gasteiger partial charge in [0.15, 0.2) is 0 Å². The number of aryl methyl sites for hydroxylation is 1. The van der Waals surface area contributed by atoms with Crippen molar-refractivity contribution in [3.05, 3.63) is 101 Å². The molecule has 1 heterocycles. The van der Waals surface area contributed by atoms with Gasteiger partial charge in [0.1, 0.15) is 11.9 Å². The van der Waals surface area contributed by atoms with Crippen LogP contribution >= 0.6 is 11.6 Å². The van der Waals surface area contributed by atoms with Crippen LogP contribution in [0.15, 0.2) is 77.2 Å². The molecule has 0 radical (unpaired) electrons. The van der Waals surface area contributed by atoms with Crippen molar-refractivity contribution in [1.29, 1.82) is 0 Å². The fraction of sp³-hybridized carbons (Fsp3) is 0.0909. The monoisotopic (exact) mass is 393 g/mol. The van der Waals surface area contributed by atoms with Gasteiger partial charge in [0.05, 0.1) is 10.6 Å². The molecule has 0 saturated heterocycles. The lowest BCUT2D eigenvalue weighted by Gasteiger charge is -2.18. The number of nitrogens with zero attached hydrogens (tertiary/aromatic N) is 2. The smallest absolute Gasteiger partial charge is 0.249 e. The summed E-state index contributed by atoms with van der Waals surface area (Å²) in [5, 5.41) is 12.3. The molecular formula is C22H17ClFN3O. The zero-order chi connectivity index (χ0) is 19.5. The highest BCUT2D eigenvalue weighted by Gasteiger charge is 2.22. The normalized spacial score (nSPS) is 12.0. The van der Waals surface area contributed by atoms with Gasteiger partial charge in [-0.15, -0.1) is 10.2 Å². The second-order valence-electron chi connectivity index (χ2n) is 6.37. The number of aromatic nitrogens is 2. The quantitative estimate of drug-likeness (QED) is 0.449. The van der Waals surface area contributed by atoms with E-state index in [9.17, 15) is 4.39 Å². The molecule has 6 heteroatoms. The number of benzene rings is 3. The first-order chi connectivity index (χ1) is 13.6. The Bertz CT molecular complexity index is 1100. The molecule has 1 aromatic heterocycles. The lowest BCUT2D eigenvalue weighted by Crippen LogP contribution is -2.13. The van der Waals surface area contributed by atoms with E-state index < -0.39 is 6.04 Å². The largest absolute Gasteiger partial charge is 0.418 e. The van der Waals surface area contributed by atoms with Crippen molar-refractivity contribution in [1.82, 2.24) is 10.2 Å².